The van der Waals surface area contributed by atoms with Gasteiger partial charge in [-0.25, -0.2) is 9.97 Å². The van der Waals surface area contributed by atoms with Gasteiger partial charge in [0.05, 0.1) is 17.2 Å². The maximum atomic E-state index is 12.0. The highest BCUT2D eigenvalue weighted by Gasteiger charge is 2.04. The molecule has 0 radical (unpaired) electrons. The third-order valence-corrected chi connectivity index (χ3v) is 4.06. The first kappa shape index (κ1) is 16.5. The molecule has 0 amide bonds. The van der Waals surface area contributed by atoms with Crippen molar-refractivity contribution in [2.24, 2.45) is 0 Å². The van der Waals surface area contributed by atoms with Crippen LogP contribution in [0.2, 0.25) is 0 Å². The molecule has 0 aliphatic rings. The molecule has 1 aromatic carbocycles. The monoisotopic (exact) mass is 403 g/mol. The van der Waals surface area contributed by atoms with Crippen molar-refractivity contribution in [1.29, 1.82) is 0 Å². The number of benzene rings is 1. The summed E-state index contributed by atoms with van der Waals surface area (Å²) in [5, 5.41) is 6.53. The fraction of sp³-hybridized carbons (Fsp3) is 0.125. The van der Waals surface area contributed by atoms with Crippen LogP contribution >= 0.6 is 28.1 Å². The van der Waals surface area contributed by atoms with Crippen molar-refractivity contribution in [2.45, 2.75) is 6.54 Å². The highest BCUT2D eigenvalue weighted by atomic mass is 79.9. The molecular weight excluding hydrogens is 390 g/mol. The summed E-state index contributed by atoms with van der Waals surface area (Å²) in [6.45, 7) is 0.994. The molecule has 3 rings (SSSR count). The van der Waals surface area contributed by atoms with Crippen molar-refractivity contribution in [3.63, 3.8) is 0 Å². The third kappa shape index (κ3) is 3.95. The highest BCUT2D eigenvalue weighted by molar-refractivity contribution is 9.10. The van der Waals surface area contributed by atoms with E-state index in [2.05, 4.69) is 36.5 Å². The largest absolute Gasteiger partial charge is 0.361 e. The van der Waals surface area contributed by atoms with E-state index in [0.29, 0.717) is 24.0 Å². The van der Waals surface area contributed by atoms with Gasteiger partial charge < -0.3 is 15.2 Å². The third-order valence-electron chi connectivity index (χ3n) is 3.34. The van der Waals surface area contributed by atoms with Gasteiger partial charge >= 0.3 is 0 Å². The molecule has 0 saturated heterocycles. The van der Waals surface area contributed by atoms with E-state index in [1.54, 1.807) is 10.8 Å². The first-order chi connectivity index (χ1) is 11.6. The molecule has 0 atom stereocenters. The van der Waals surface area contributed by atoms with Crippen LogP contribution in [0.15, 0.2) is 58.1 Å². The smallest absolute Gasteiger partial charge is 0.269 e. The molecule has 24 heavy (non-hydrogen) atoms. The van der Waals surface area contributed by atoms with Gasteiger partial charge in [0.2, 0.25) is 0 Å². The number of aromatic nitrogens is 3. The number of para-hydroxylation sites is 2. The quantitative estimate of drug-likeness (QED) is 0.652. The topological polar surface area (TPSA) is 71.8 Å². The predicted molar refractivity (Wildman–Crippen MR) is 102 cm³/mol. The van der Waals surface area contributed by atoms with E-state index in [4.69, 9.17) is 12.2 Å². The molecule has 2 N–H and O–H groups in total. The summed E-state index contributed by atoms with van der Waals surface area (Å²) in [6.07, 6.45) is 3.03. The SMILES string of the molecule is O=c1cnc2ccccc2n1CCNC(=S)Nc1ccc(Br)cn1. The van der Waals surface area contributed by atoms with Gasteiger partial charge in [0.1, 0.15) is 5.82 Å². The van der Waals surface area contributed by atoms with Crippen molar-refractivity contribution in [3.05, 3.63) is 63.6 Å². The van der Waals surface area contributed by atoms with Gasteiger partial charge in [-0.15, -0.1) is 0 Å². The van der Waals surface area contributed by atoms with Crippen molar-refractivity contribution in [3.8, 4) is 0 Å². The maximum absolute atomic E-state index is 12.0. The minimum atomic E-state index is -0.135. The number of anilines is 1. The molecule has 0 spiro atoms. The predicted octanol–water partition coefficient (Wildman–Crippen LogP) is 2.54. The van der Waals surface area contributed by atoms with Crippen molar-refractivity contribution < 1.29 is 0 Å². The first-order valence-electron chi connectivity index (χ1n) is 7.24. The van der Waals surface area contributed by atoms with Gasteiger partial charge in [-0.1, -0.05) is 12.1 Å². The lowest BCUT2D eigenvalue weighted by atomic mass is 10.3. The Morgan fingerprint density at radius 2 is 2.00 bits per heavy atom. The molecule has 122 valence electrons. The lowest BCUT2D eigenvalue weighted by Crippen LogP contribution is -2.33. The maximum Gasteiger partial charge on any atom is 0.269 e. The number of hydrogen-bond donors (Lipinski definition) is 2. The number of halogens is 1. The zero-order valence-electron chi connectivity index (χ0n) is 12.6. The lowest BCUT2D eigenvalue weighted by molar-refractivity contribution is 0.672. The van der Waals surface area contributed by atoms with E-state index >= 15 is 0 Å². The summed E-state index contributed by atoms with van der Waals surface area (Å²) >= 11 is 8.57. The summed E-state index contributed by atoms with van der Waals surface area (Å²) < 4.78 is 2.58. The van der Waals surface area contributed by atoms with Gasteiger partial charge in [-0.05, 0) is 52.4 Å². The Morgan fingerprint density at radius 3 is 2.79 bits per heavy atom. The van der Waals surface area contributed by atoms with Gasteiger partial charge in [0.25, 0.3) is 5.56 Å². The Hall–Kier alpha value is -2.32. The molecule has 0 aliphatic heterocycles. The van der Waals surface area contributed by atoms with E-state index < -0.39 is 0 Å². The van der Waals surface area contributed by atoms with Gasteiger partial charge in [-0.2, -0.15) is 0 Å². The normalized spacial score (nSPS) is 10.5. The Bertz CT molecular complexity index is 926. The van der Waals surface area contributed by atoms with Crippen LogP contribution in [-0.4, -0.2) is 26.2 Å². The van der Waals surface area contributed by atoms with Crippen LogP contribution in [0, 0.1) is 0 Å². The molecule has 3 aromatic rings. The van der Waals surface area contributed by atoms with Gasteiger partial charge in [0, 0.05) is 23.8 Å². The van der Waals surface area contributed by atoms with Crippen LogP contribution in [-0.2, 0) is 6.54 Å². The van der Waals surface area contributed by atoms with E-state index in [-0.39, 0.29) is 5.56 Å². The fourth-order valence-corrected chi connectivity index (χ4v) is 2.68. The number of nitrogens with one attached hydrogen (secondary N) is 2. The zero-order chi connectivity index (χ0) is 16.9. The molecule has 0 aliphatic carbocycles. The van der Waals surface area contributed by atoms with Crippen LogP contribution in [0.3, 0.4) is 0 Å². The first-order valence-corrected chi connectivity index (χ1v) is 8.44. The second-order valence-corrected chi connectivity index (χ2v) is 6.30. The van der Waals surface area contributed by atoms with Crippen LogP contribution in [0.4, 0.5) is 5.82 Å². The summed E-state index contributed by atoms with van der Waals surface area (Å²) in [4.78, 5) is 20.4. The van der Waals surface area contributed by atoms with Gasteiger partial charge in [0.15, 0.2) is 5.11 Å². The van der Waals surface area contributed by atoms with E-state index in [1.807, 2.05) is 36.4 Å². The summed E-state index contributed by atoms with van der Waals surface area (Å²) in [5.74, 6) is 0.655. The number of pyridine rings is 1. The Morgan fingerprint density at radius 1 is 1.17 bits per heavy atom. The van der Waals surface area contributed by atoms with Crippen LogP contribution in [0.25, 0.3) is 11.0 Å². The minimum Gasteiger partial charge on any atom is -0.361 e. The van der Waals surface area contributed by atoms with Gasteiger partial charge in [-0.3, -0.25) is 4.79 Å². The molecule has 2 aromatic heterocycles. The average molecular weight is 404 g/mol. The Kier molecular flexibility index (Phi) is 5.17. The lowest BCUT2D eigenvalue weighted by Gasteiger charge is -2.12. The van der Waals surface area contributed by atoms with Crippen LogP contribution in [0.5, 0.6) is 0 Å². The molecule has 2 heterocycles. The molecule has 0 unspecified atom stereocenters. The summed E-state index contributed by atoms with van der Waals surface area (Å²) in [7, 11) is 0. The second-order valence-electron chi connectivity index (χ2n) is 4.98. The van der Waals surface area contributed by atoms with Crippen molar-refractivity contribution in [1.82, 2.24) is 19.9 Å². The van der Waals surface area contributed by atoms with Crippen LogP contribution in [0.1, 0.15) is 0 Å². The number of fused-ring (bicyclic) bond motifs is 1. The molecule has 0 fully saturated rings. The molecule has 8 heteroatoms. The van der Waals surface area contributed by atoms with Crippen LogP contribution < -0.4 is 16.2 Å². The highest BCUT2D eigenvalue weighted by Crippen LogP contribution is 2.10. The molecule has 6 nitrogen and oxygen atoms in total. The standard InChI is InChI=1S/C16H14BrN5OS/c17-11-5-6-14(20-9-11)21-16(24)18-7-8-22-13-4-2-1-3-12(13)19-10-15(22)23/h1-6,9-10H,7-8H2,(H2,18,20,21,24). The Labute approximate surface area is 152 Å². The summed E-state index contributed by atoms with van der Waals surface area (Å²) in [6, 6.07) is 11.2. The van der Waals surface area contributed by atoms with E-state index in [9.17, 15) is 4.79 Å². The number of rotatable bonds is 4. The van der Waals surface area contributed by atoms with Crippen molar-refractivity contribution >= 4 is 50.1 Å². The Balaban J connectivity index is 1.62. The number of hydrogen-bond acceptors (Lipinski definition) is 4. The minimum absolute atomic E-state index is 0.135. The fourth-order valence-electron chi connectivity index (χ4n) is 2.24. The zero-order valence-corrected chi connectivity index (χ0v) is 15.0. The molecule has 0 saturated carbocycles. The average Bonchev–Trinajstić information content (AvgIpc) is 2.59. The number of nitrogens with zero attached hydrogens (tertiary/aromatic N) is 3. The van der Waals surface area contributed by atoms with E-state index in [1.165, 1.54) is 6.20 Å². The van der Waals surface area contributed by atoms with Crippen molar-refractivity contribution in [2.75, 3.05) is 11.9 Å². The number of thiocarbonyl (C=S) groups is 1. The summed E-state index contributed by atoms with van der Waals surface area (Å²) in [5.41, 5.74) is 1.46. The molecular formula is C16H14BrN5OS. The molecule has 0 bridgehead atoms. The van der Waals surface area contributed by atoms with E-state index in [0.717, 1.165) is 15.5 Å². The second kappa shape index (κ2) is 7.50.